The van der Waals surface area contributed by atoms with Gasteiger partial charge in [-0.1, -0.05) is 12.2 Å². The molecule has 1 aromatic heterocycles. The topological polar surface area (TPSA) is 75.1 Å². The highest BCUT2D eigenvalue weighted by Crippen LogP contribution is 2.24. The quantitative estimate of drug-likeness (QED) is 0.271. The number of ether oxygens (including phenoxy) is 2. The fourth-order valence-electron chi connectivity index (χ4n) is 3.99. The standard InChI is InChI=1S/C26H40N6O2/c1-21-18-23(30-26(29-21)32(4)20-27-2)9-5-6-14-31(3)15-13-28-12-11-22-8-7-10-24-25(19-22)34-17-16-33-24/h7-8,18-20,28H,5-6,9-17H2,1-4H3. The number of aromatic nitrogens is 2. The number of unbranched alkanes of at least 4 members (excludes halogenated alkanes) is 1. The number of nitrogens with zero attached hydrogens (tertiary/aromatic N) is 5. The van der Waals surface area contributed by atoms with Crippen LogP contribution in [0.1, 0.15) is 37.1 Å². The van der Waals surface area contributed by atoms with Crippen LogP contribution in [0.5, 0.6) is 0 Å². The molecule has 0 aromatic carbocycles. The van der Waals surface area contributed by atoms with Crippen molar-refractivity contribution in [2.45, 2.75) is 39.0 Å². The Labute approximate surface area is 204 Å². The summed E-state index contributed by atoms with van der Waals surface area (Å²) in [4.78, 5) is 17.5. The maximum absolute atomic E-state index is 5.75. The van der Waals surface area contributed by atoms with Crippen molar-refractivity contribution in [1.82, 2.24) is 20.2 Å². The van der Waals surface area contributed by atoms with E-state index in [2.05, 4.69) is 56.5 Å². The van der Waals surface area contributed by atoms with Gasteiger partial charge in [0, 0.05) is 45.0 Å². The van der Waals surface area contributed by atoms with E-state index in [1.165, 1.54) is 5.57 Å². The molecule has 34 heavy (non-hydrogen) atoms. The normalized spacial score (nSPS) is 15.7. The average molecular weight is 469 g/mol. The van der Waals surface area contributed by atoms with E-state index in [0.29, 0.717) is 19.2 Å². The number of rotatable bonds is 13. The van der Waals surface area contributed by atoms with Gasteiger partial charge < -0.3 is 24.6 Å². The lowest BCUT2D eigenvalue weighted by atomic mass is 10.1. The SMILES string of the molecule is CN=CN(C)c1nc(C)cc(CCCCN(C)CCNCCC2=CC3=C(CC=C2)OCCO3)n1. The number of anilines is 1. The summed E-state index contributed by atoms with van der Waals surface area (Å²) in [6.07, 6.45) is 13.3. The van der Waals surface area contributed by atoms with Crippen LogP contribution < -0.4 is 10.2 Å². The minimum Gasteiger partial charge on any atom is -0.490 e. The van der Waals surface area contributed by atoms with E-state index < -0.39 is 0 Å². The Hall–Kier alpha value is -2.71. The second-order valence-corrected chi connectivity index (χ2v) is 8.86. The second-order valence-electron chi connectivity index (χ2n) is 8.86. The van der Waals surface area contributed by atoms with Crippen molar-refractivity contribution < 1.29 is 9.47 Å². The summed E-state index contributed by atoms with van der Waals surface area (Å²) in [6, 6.07) is 2.08. The van der Waals surface area contributed by atoms with Gasteiger partial charge in [0.25, 0.3) is 0 Å². The fourth-order valence-corrected chi connectivity index (χ4v) is 3.99. The van der Waals surface area contributed by atoms with Gasteiger partial charge in [0.1, 0.15) is 19.0 Å². The second kappa shape index (κ2) is 13.9. The van der Waals surface area contributed by atoms with E-state index in [-0.39, 0.29) is 0 Å². The summed E-state index contributed by atoms with van der Waals surface area (Å²) < 4.78 is 11.5. The molecular formula is C26H40N6O2. The van der Waals surface area contributed by atoms with Crippen molar-refractivity contribution >= 4 is 12.3 Å². The van der Waals surface area contributed by atoms with Crippen LogP contribution in [0.2, 0.25) is 0 Å². The molecule has 0 bridgehead atoms. The average Bonchev–Trinajstić information content (AvgIpc) is 3.03. The Kier molecular flexibility index (Phi) is 10.6. The van der Waals surface area contributed by atoms with Gasteiger partial charge in [0.15, 0.2) is 5.76 Å². The molecule has 2 heterocycles. The lowest BCUT2D eigenvalue weighted by molar-refractivity contribution is 0.0674. The van der Waals surface area contributed by atoms with Crippen LogP contribution in [0, 0.1) is 6.92 Å². The van der Waals surface area contributed by atoms with Crippen LogP contribution in [-0.4, -0.2) is 81.7 Å². The third-order valence-electron chi connectivity index (χ3n) is 5.83. The van der Waals surface area contributed by atoms with E-state index in [1.807, 2.05) is 18.9 Å². The first-order chi connectivity index (χ1) is 16.5. The number of likely N-dealkylation sites (N-methyl/N-ethyl adjacent to an activating group) is 1. The molecule has 0 spiro atoms. The molecule has 3 rings (SSSR count). The molecule has 186 valence electrons. The highest BCUT2D eigenvalue weighted by Gasteiger charge is 2.15. The molecule has 2 aliphatic rings. The molecule has 1 N–H and O–H groups in total. The van der Waals surface area contributed by atoms with Gasteiger partial charge in [-0.15, -0.1) is 0 Å². The molecule has 1 aromatic rings. The van der Waals surface area contributed by atoms with E-state index >= 15 is 0 Å². The number of hydrogen-bond acceptors (Lipinski definition) is 7. The minimum atomic E-state index is 0.637. The summed E-state index contributed by atoms with van der Waals surface area (Å²) in [5, 5.41) is 3.57. The van der Waals surface area contributed by atoms with E-state index in [4.69, 9.17) is 9.47 Å². The van der Waals surface area contributed by atoms with Crippen molar-refractivity contribution in [3.05, 3.63) is 52.8 Å². The number of hydrogen-bond donors (Lipinski definition) is 1. The molecule has 0 amide bonds. The van der Waals surface area contributed by atoms with Crippen LogP contribution in [-0.2, 0) is 15.9 Å². The molecular weight excluding hydrogens is 428 g/mol. The Morgan fingerprint density at radius 3 is 2.79 bits per heavy atom. The van der Waals surface area contributed by atoms with Gasteiger partial charge in [-0.3, -0.25) is 4.99 Å². The van der Waals surface area contributed by atoms with Gasteiger partial charge in [0.2, 0.25) is 5.95 Å². The lowest BCUT2D eigenvalue weighted by Crippen LogP contribution is -2.30. The molecule has 0 unspecified atom stereocenters. The third-order valence-corrected chi connectivity index (χ3v) is 5.83. The maximum Gasteiger partial charge on any atom is 0.230 e. The van der Waals surface area contributed by atoms with E-state index in [9.17, 15) is 0 Å². The highest BCUT2D eigenvalue weighted by atomic mass is 16.6. The Bertz CT molecular complexity index is 909. The molecule has 0 saturated heterocycles. The number of aliphatic imine (C=N–C) groups is 1. The zero-order valence-electron chi connectivity index (χ0n) is 21.2. The molecule has 1 aliphatic heterocycles. The minimum absolute atomic E-state index is 0.637. The number of nitrogens with one attached hydrogen (secondary N) is 1. The van der Waals surface area contributed by atoms with Crippen LogP contribution >= 0.6 is 0 Å². The molecule has 0 fully saturated rings. The molecule has 8 heteroatoms. The molecule has 1 aliphatic carbocycles. The zero-order chi connectivity index (χ0) is 24.2. The van der Waals surface area contributed by atoms with Crippen molar-refractivity contribution in [3.8, 4) is 0 Å². The first-order valence-electron chi connectivity index (χ1n) is 12.3. The summed E-state index contributed by atoms with van der Waals surface area (Å²) >= 11 is 0. The van der Waals surface area contributed by atoms with Gasteiger partial charge >= 0.3 is 0 Å². The summed E-state index contributed by atoms with van der Waals surface area (Å²) in [5.41, 5.74) is 3.37. The smallest absolute Gasteiger partial charge is 0.230 e. The molecule has 0 radical (unpaired) electrons. The van der Waals surface area contributed by atoms with Crippen molar-refractivity contribution in [2.75, 3.05) is 65.4 Å². The first kappa shape index (κ1) is 25.9. The monoisotopic (exact) mass is 468 g/mol. The van der Waals surface area contributed by atoms with Crippen LogP contribution in [0.3, 0.4) is 0 Å². The van der Waals surface area contributed by atoms with E-state index in [0.717, 1.165) is 81.2 Å². The third kappa shape index (κ3) is 8.57. The Balaban J connectivity index is 1.29. The number of allylic oxidation sites excluding steroid dienone is 3. The van der Waals surface area contributed by atoms with Gasteiger partial charge in [0.05, 0.1) is 6.34 Å². The Morgan fingerprint density at radius 1 is 1.09 bits per heavy atom. The van der Waals surface area contributed by atoms with E-state index in [1.54, 1.807) is 13.4 Å². The summed E-state index contributed by atoms with van der Waals surface area (Å²) in [7, 11) is 5.87. The van der Waals surface area contributed by atoms with Gasteiger partial charge in [-0.25, -0.2) is 9.97 Å². The van der Waals surface area contributed by atoms with Gasteiger partial charge in [-0.2, -0.15) is 0 Å². The molecule has 8 nitrogen and oxygen atoms in total. The fraction of sp³-hybridized carbons (Fsp3) is 0.577. The van der Waals surface area contributed by atoms with Crippen LogP contribution in [0.15, 0.2) is 46.4 Å². The first-order valence-corrected chi connectivity index (χ1v) is 12.3. The maximum atomic E-state index is 5.75. The van der Waals surface area contributed by atoms with Crippen molar-refractivity contribution in [3.63, 3.8) is 0 Å². The zero-order valence-corrected chi connectivity index (χ0v) is 21.2. The number of aryl methyl sites for hydroxylation is 2. The predicted molar refractivity (Wildman–Crippen MR) is 138 cm³/mol. The van der Waals surface area contributed by atoms with Crippen molar-refractivity contribution in [2.24, 2.45) is 4.99 Å². The van der Waals surface area contributed by atoms with Crippen molar-refractivity contribution in [1.29, 1.82) is 0 Å². The summed E-state index contributed by atoms with van der Waals surface area (Å²) in [5.74, 6) is 2.57. The summed E-state index contributed by atoms with van der Waals surface area (Å²) in [6.45, 7) is 7.38. The molecule has 0 saturated carbocycles. The molecule has 0 atom stereocenters. The largest absolute Gasteiger partial charge is 0.490 e. The Morgan fingerprint density at radius 2 is 1.94 bits per heavy atom. The van der Waals surface area contributed by atoms with Crippen LogP contribution in [0.25, 0.3) is 0 Å². The van der Waals surface area contributed by atoms with Gasteiger partial charge in [-0.05, 0) is 70.5 Å². The van der Waals surface area contributed by atoms with Crippen LogP contribution in [0.4, 0.5) is 5.95 Å². The predicted octanol–water partition coefficient (Wildman–Crippen LogP) is 3.26. The lowest BCUT2D eigenvalue weighted by Gasteiger charge is -2.19. The highest BCUT2D eigenvalue weighted by molar-refractivity contribution is 5.74.